The molecule has 1 saturated carbocycles. The first-order chi connectivity index (χ1) is 15.9. The lowest BCUT2D eigenvalue weighted by molar-refractivity contribution is -0.123. The maximum absolute atomic E-state index is 13.2. The van der Waals surface area contributed by atoms with Gasteiger partial charge < -0.3 is 19.5 Å². The van der Waals surface area contributed by atoms with Crippen LogP contribution >= 0.6 is 23.2 Å². The van der Waals surface area contributed by atoms with E-state index in [1.165, 1.54) is 45.9 Å². The number of Topliss-reactive ketones (excluding diaryl/α,β-unsaturated/α-hetero) is 1. The van der Waals surface area contributed by atoms with E-state index in [1.807, 2.05) is 0 Å². The number of halogens is 2. The van der Waals surface area contributed by atoms with Crippen LogP contribution in [0.3, 0.4) is 0 Å². The number of hydrogen-bond acceptors (Lipinski definition) is 6. The second-order valence-corrected chi connectivity index (χ2v) is 8.77. The highest BCUT2D eigenvalue weighted by Gasteiger charge is 2.24. The number of methoxy groups -OCH3 is 2. The lowest BCUT2D eigenvalue weighted by Gasteiger charge is -2.22. The van der Waals surface area contributed by atoms with E-state index in [4.69, 9.17) is 37.4 Å². The SMILES string of the molecule is COc1ccc(C(=O)Cc2c(Cl)cncc2Cl)c(OCC(=O)NCC2CCCCC2)c1OC. The molecule has 2 aromatic rings. The molecule has 1 aromatic carbocycles. The van der Waals surface area contributed by atoms with E-state index in [0.29, 0.717) is 33.8 Å². The number of ketones is 1. The van der Waals surface area contributed by atoms with Crippen molar-refractivity contribution in [3.8, 4) is 17.2 Å². The number of amides is 1. The molecule has 1 amide bonds. The summed E-state index contributed by atoms with van der Waals surface area (Å²) in [7, 11) is 2.93. The minimum atomic E-state index is -0.302. The third kappa shape index (κ3) is 6.51. The standard InChI is InChI=1S/C24H28Cl2N2O5/c1-31-21-9-8-16(20(29)10-17-18(25)12-27-13-19(17)26)23(24(21)32-2)33-14-22(30)28-11-15-6-4-3-5-7-15/h8-9,12-13,15H,3-7,10-11,14H2,1-2H3,(H,28,30). The Morgan fingerprint density at radius 3 is 2.36 bits per heavy atom. The van der Waals surface area contributed by atoms with Crippen molar-refractivity contribution in [2.75, 3.05) is 27.4 Å². The van der Waals surface area contributed by atoms with E-state index in [9.17, 15) is 9.59 Å². The molecule has 1 N–H and O–H groups in total. The normalized spacial score (nSPS) is 13.9. The van der Waals surface area contributed by atoms with Crippen LogP contribution in [0.2, 0.25) is 10.0 Å². The third-order valence-electron chi connectivity index (χ3n) is 5.75. The summed E-state index contributed by atoms with van der Waals surface area (Å²) in [6.07, 6.45) is 8.71. The zero-order valence-corrected chi connectivity index (χ0v) is 20.3. The summed E-state index contributed by atoms with van der Waals surface area (Å²) in [6, 6.07) is 3.18. The second kappa shape index (κ2) is 12.1. The van der Waals surface area contributed by atoms with Crippen molar-refractivity contribution in [2.45, 2.75) is 38.5 Å². The average Bonchev–Trinajstić information content (AvgIpc) is 2.83. The molecule has 0 saturated heterocycles. The van der Waals surface area contributed by atoms with Crippen LogP contribution in [0.25, 0.3) is 0 Å². The molecule has 0 aliphatic heterocycles. The molecule has 0 unspecified atom stereocenters. The first-order valence-electron chi connectivity index (χ1n) is 10.9. The number of carbonyl (C=O) groups is 2. The third-order valence-corrected chi connectivity index (χ3v) is 6.40. The fraction of sp³-hybridized carbons (Fsp3) is 0.458. The summed E-state index contributed by atoms with van der Waals surface area (Å²) in [5.74, 6) is 0.687. The zero-order chi connectivity index (χ0) is 23.8. The molecular formula is C24H28Cl2N2O5. The van der Waals surface area contributed by atoms with Crippen LogP contribution in [0.4, 0.5) is 0 Å². The van der Waals surface area contributed by atoms with Gasteiger partial charge in [0, 0.05) is 30.9 Å². The van der Waals surface area contributed by atoms with Crippen LogP contribution in [0.1, 0.15) is 48.0 Å². The van der Waals surface area contributed by atoms with Gasteiger partial charge >= 0.3 is 0 Å². The molecule has 178 valence electrons. The van der Waals surface area contributed by atoms with E-state index in [1.54, 1.807) is 12.1 Å². The Balaban J connectivity index is 1.77. The molecule has 9 heteroatoms. The van der Waals surface area contributed by atoms with Crippen molar-refractivity contribution in [1.82, 2.24) is 10.3 Å². The van der Waals surface area contributed by atoms with Gasteiger partial charge in [0.15, 0.2) is 23.9 Å². The number of carbonyl (C=O) groups excluding carboxylic acids is 2. The molecule has 3 rings (SSSR count). The van der Waals surface area contributed by atoms with Crippen molar-refractivity contribution >= 4 is 34.9 Å². The van der Waals surface area contributed by atoms with Crippen molar-refractivity contribution < 1.29 is 23.8 Å². The van der Waals surface area contributed by atoms with Crippen LogP contribution in [-0.4, -0.2) is 44.0 Å². The highest BCUT2D eigenvalue weighted by molar-refractivity contribution is 6.36. The predicted molar refractivity (Wildman–Crippen MR) is 127 cm³/mol. The Labute approximate surface area is 203 Å². The predicted octanol–water partition coefficient (Wildman–Crippen LogP) is 4.91. The highest BCUT2D eigenvalue weighted by atomic mass is 35.5. The number of rotatable bonds is 10. The summed E-state index contributed by atoms with van der Waals surface area (Å²) in [5.41, 5.74) is 0.695. The number of nitrogens with zero attached hydrogens (tertiary/aromatic N) is 1. The zero-order valence-electron chi connectivity index (χ0n) is 18.8. The minimum absolute atomic E-state index is 0.0695. The van der Waals surface area contributed by atoms with Gasteiger partial charge in [-0.25, -0.2) is 0 Å². The maximum atomic E-state index is 13.2. The Morgan fingerprint density at radius 2 is 1.73 bits per heavy atom. The van der Waals surface area contributed by atoms with Crippen LogP contribution < -0.4 is 19.5 Å². The van der Waals surface area contributed by atoms with Gasteiger partial charge in [-0.05, 0) is 30.9 Å². The van der Waals surface area contributed by atoms with Gasteiger partial charge in [0.25, 0.3) is 5.91 Å². The largest absolute Gasteiger partial charge is 0.493 e. The molecule has 1 aliphatic carbocycles. The molecule has 33 heavy (non-hydrogen) atoms. The van der Waals surface area contributed by atoms with E-state index >= 15 is 0 Å². The van der Waals surface area contributed by atoms with Crippen LogP contribution in [0.15, 0.2) is 24.5 Å². The number of benzene rings is 1. The van der Waals surface area contributed by atoms with Crippen molar-refractivity contribution in [2.24, 2.45) is 5.92 Å². The van der Waals surface area contributed by atoms with Gasteiger partial charge in [0.1, 0.15) is 0 Å². The molecular weight excluding hydrogens is 467 g/mol. The Bertz CT molecular complexity index is 973. The smallest absolute Gasteiger partial charge is 0.257 e. The number of pyridine rings is 1. The lowest BCUT2D eigenvalue weighted by atomic mass is 9.89. The number of hydrogen-bond donors (Lipinski definition) is 1. The van der Waals surface area contributed by atoms with Crippen LogP contribution in [-0.2, 0) is 11.2 Å². The topological polar surface area (TPSA) is 86.8 Å². The maximum Gasteiger partial charge on any atom is 0.257 e. The van der Waals surface area contributed by atoms with Gasteiger partial charge in [-0.3, -0.25) is 14.6 Å². The van der Waals surface area contributed by atoms with Crippen molar-refractivity contribution in [1.29, 1.82) is 0 Å². The fourth-order valence-electron chi connectivity index (χ4n) is 3.96. The molecule has 1 aromatic heterocycles. The Hall–Kier alpha value is -2.51. The monoisotopic (exact) mass is 494 g/mol. The quantitative estimate of drug-likeness (QED) is 0.472. The van der Waals surface area contributed by atoms with Crippen LogP contribution in [0, 0.1) is 5.92 Å². The van der Waals surface area contributed by atoms with E-state index < -0.39 is 0 Å². The summed E-state index contributed by atoms with van der Waals surface area (Å²) in [5, 5.41) is 3.51. The molecule has 0 bridgehead atoms. The van der Waals surface area contributed by atoms with Gasteiger partial charge in [-0.2, -0.15) is 0 Å². The van der Waals surface area contributed by atoms with Crippen molar-refractivity contribution in [3.05, 3.63) is 45.7 Å². The van der Waals surface area contributed by atoms with Gasteiger partial charge in [0.05, 0.1) is 29.8 Å². The van der Waals surface area contributed by atoms with Gasteiger partial charge in [0.2, 0.25) is 5.75 Å². The second-order valence-electron chi connectivity index (χ2n) is 7.96. The summed E-state index contributed by atoms with van der Waals surface area (Å²) in [4.78, 5) is 29.5. The number of nitrogens with one attached hydrogen (secondary N) is 1. The molecule has 1 aliphatic rings. The Kier molecular flexibility index (Phi) is 9.21. The number of aromatic nitrogens is 1. The average molecular weight is 495 g/mol. The van der Waals surface area contributed by atoms with E-state index in [0.717, 1.165) is 12.8 Å². The minimum Gasteiger partial charge on any atom is -0.493 e. The fourth-order valence-corrected chi connectivity index (χ4v) is 4.46. The van der Waals surface area contributed by atoms with Crippen molar-refractivity contribution in [3.63, 3.8) is 0 Å². The van der Waals surface area contributed by atoms with Gasteiger partial charge in [-0.15, -0.1) is 0 Å². The molecule has 1 fully saturated rings. The van der Waals surface area contributed by atoms with E-state index in [-0.39, 0.29) is 41.8 Å². The molecule has 1 heterocycles. The highest BCUT2D eigenvalue weighted by Crippen LogP contribution is 2.41. The molecule has 0 atom stereocenters. The summed E-state index contributed by atoms with van der Waals surface area (Å²) in [6.45, 7) is 0.371. The number of ether oxygens (including phenoxy) is 3. The lowest BCUT2D eigenvalue weighted by Crippen LogP contribution is -2.34. The Morgan fingerprint density at radius 1 is 1.03 bits per heavy atom. The van der Waals surface area contributed by atoms with Crippen LogP contribution in [0.5, 0.6) is 17.2 Å². The molecule has 7 nitrogen and oxygen atoms in total. The first kappa shape index (κ1) is 25.1. The molecule has 0 spiro atoms. The first-order valence-corrected chi connectivity index (χ1v) is 11.7. The van der Waals surface area contributed by atoms with Gasteiger partial charge in [-0.1, -0.05) is 42.5 Å². The molecule has 0 radical (unpaired) electrons. The summed E-state index contributed by atoms with van der Waals surface area (Å²) < 4.78 is 16.6. The summed E-state index contributed by atoms with van der Waals surface area (Å²) >= 11 is 12.4. The van der Waals surface area contributed by atoms with E-state index in [2.05, 4.69) is 10.3 Å².